The fraction of sp³-hybridized carbons (Fsp3) is 0.609. The lowest BCUT2D eigenvalue weighted by molar-refractivity contribution is -0.139. The lowest BCUT2D eigenvalue weighted by Gasteiger charge is -2.34. The number of aromatic amines is 1. The summed E-state index contributed by atoms with van der Waals surface area (Å²) in [6, 6.07) is 0.673. The van der Waals surface area contributed by atoms with Crippen LogP contribution in [0.3, 0.4) is 0 Å². The first kappa shape index (κ1) is 28.6. The number of halogens is 6. The number of carbonyl (C=O) groups excluding carboxylic acids is 1. The van der Waals surface area contributed by atoms with Crippen molar-refractivity contribution in [1.82, 2.24) is 25.1 Å². The highest BCUT2D eigenvalue weighted by molar-refractivity contribution is 5.77. The Bertz CT molecular complexity index is 1170. The molecule has 2 aliphatic rings. The molecule has 2 aromatic heterocycles. The number of alkyl halides is 6. The topological polar surface area (TPSA) is 108 Å². The van der Waals surface area contributed by atoms with Gasteiger partial charge in [-0.15, -0.1) is 0 Å². The largest absolute Gasteiger partial charge is 0.421 e. The Labute approximate surface area is 219 Å². The summed E-state index contributed by atoms with van der Waals surface area (Å²) >= 11 is 0. The standard InChI is InChI=1S/C23H27F6N7O3/c24-22(25,26)15-12-30-21(31-13-15)35-7-5-34(6-8-35)19(37)14-39-10-9-36(16-3-1-2-4-16)18-11-17(23(27,28)29)20(38)33-32-18/h11-13,16H,1-10,14H2,(H,33,38). The van der Waals surface area contributed by atoms with Gasteiger partial charge in [0.2, 0.25) is 11.9 Å². The van der Waals surface area contributed by atoms with E-state index in [9.17, 15) is 35.9 Å². The van der Waals surface area contributed by atoms with Crippen molar-refractivity contribution in [3.05, 3.63) is 39.9 Å². The Hall–Kier alpha value is -3.43. The van der Waals surface area contributed by atoms with Crippen LogP contribution in [0.25, 0.3) is 0 Å². The van der Waals surface area contributed by atoms with E-state index in [4.69, 9.17) is 4.74 Å². The zero-order valence-electron chi connectivity index (χ0n) is 20.8. The number of H-pyrrole nitrogens is 1. The number of anilines is 2. The highest BCUT2D eigenvalue weighted by Crippen LogP contribution is 2.31. The van der Waals surface area contributed by atoms with Crippen LogP contribution in [0.15, 0.2) is 23.3 Å². The molecule has 3 heterocycles. The summed E-state index contributed by atoms with van der Waals surface area (Å²) < 4.78 is 83.4. The summed E-state index contributed by atoms with van der Waals surface area (Å²) in [6.07, 6.45) is -4.57. The highest BCUT2D eigenvalue weighted by atomic mass is 19.4. The van der Waals surface area contributed by atoms with E-state index in [0.717, 1.165) is 44.1 Å². The predicted molar refractivity (Wildman–Crippen MR) is 126 cm³/mol. The van der Waals surface area contributed by atoms with Crippen LogP contribution in [0.2, 0.25) is 0 Å². The third-order valence-corrected chi connectivity index (χ3v) is 6.74. The van der Waals surface area contributed by atoms with Crippen LogP contribution >= 0.6 is 0 Å². The van der Waals surface area contributed by atoms with Gasteiger partial charge < -0.3 is 19.4 Å². The third-order valence-electron chi connectivity index (χ3n) is 6.74. The zero-order valence-corrected chi connectivity index (χ0v) is 20.8. The number of nitrogens with zero attached hydrogens (tertiary/aromatic N) is 6. The van der Waals surface area contributed by atoms with E-state index in [1.807, 2.05) is 5.10 Å². The van der Waals surface area contributed by atoms with Crippen LogP contribution in [0.5, 0.6) is 0 Å². The van der Waals surface area contributed by atoms with Gasteiger partial charge in [0.05, 0.1) is 12.2 Å². The van der Waals surface area contributed by atoms with Crippen molar-refractivity contribution >= 4 is 17.7 Å². The van der Waals surface area contributed by atoms with E-state index in [-0.39, 0.29) is 43.5 Å². The Balaban J connectivity index is 1.27. The molecule has 4 rings (SSSR count). The van der Waals surface area contributed by atoms with Crippen molar-refractivity contribution in [2.75, 3.05) is 55.7 Å². The fourth-order valence-corrected chi connectivity index (χ4v) is 4.65. The van der Waals surface area contributed by atoms with Crippen molar-refractivity contribution in [1.29, 1.82) is 0 Å². The molecule has 2 fully saturated rings. The lowest BCUT2D eigenvalue weighted by atomic mass is 10.2. The van der Waals surface area contributed by atoms with Crippen LogP contribution in [-0.2, 0) is 21.9 Å². The van der Waals surface area contributed by atoms with Crippen molar-refractivity contribution in [3.63, 3.8) is 0 Å². The van der Waals surface area contributed by atoms with Gasteiger partial charge in [0, 0.05) is 57.2 Å². The van der Waals surface area contributed by atoms with E-state index in [2.05, 4.69) is 15.1 Å². The minimum absolute atomic E-state index is 0.00893. The quantitative estimate of drug-likeness (QED) is 0.386. The number of aromatic nitrogens is 4. The number of amides is 1. The van der Waals surface area contributed by atoms with Gasteiger partial charge in [0.15, 0.2) is 0 Å². The molecule has 16 heteroatoms. The number of hydrogen-bond donors (Lipinski definition) is 1. The molecule has 1 aliphatic heterocycles. The second kappa shape index (κ2) is 11.8. The average molecular weight is 564 g/mol. The summed E-state index contributed by atoms with van der Waals surface area (Å²) in [5.41, 5.74) is -3.59. The van der Waals surface area contributed by atoms with Gasteiger partial charge >= 0.3 is 12.4 Å². The fourth-order valence-electron chi connectivity index (χ4n) is 4.65. The van der Waals surface area contributed by atoms with E-state index in [0.29, 0.717) is 26.2 Å². The number of nitrogens with one attached hydrogen (secondary N) is 1. The highest BCUT2D eigenvalue weighted by Gasteiger charge is 2.36. The zero-order chi connectivity index (χ0) is 28.2. The summed E-state index contributed by atoms with van der Waals surface area (Å²) in [5, 5.41) is 5.74. The molecule has 1 saturated carbocycles. The predicted octanol–water partition coefficient (Wildman–Crippen LogP) is 2.71. The Morgan fingerprint density at radius 2 is 1.67 bits per heavy atom. The monoisotopic (exact) mass is 563 g/mol. The molecule has 214 valence electrons. The van der Waals surface area contributed by atoms with Gasteiger partial charge in [-0.05, 0) is 12.8 Å². The van der Waals surface area contributed by atoms with Crippen molar-refractivity contribution in [2.24, 2.45) is 0 Å². The summed E-state index contributed by atoms with van der Waals surface area (Å²) in [5.74, 6) is -0.162. The number of carbonyl (C=O) groups is 1. The van der Waals surface area contributed by atoms with Crippen molar-refractivity contribution in [3.8, 4) is 0 Å². The van der Waals surface area contributed by atoms with Gasteiger partial charge in [-0.1, -0.05) is 12.8 Å². The molecule has 0 radical (unpaired) electrons. The molecular weight excluding hydrogens is 536 g/mol. The molecule has 1 amide bonds. The number of ether oxygens (including phenoxy) is 1. The molecule has 0 spiro atoms. The molecule has 2 aromatic rings. The van der Waals surface area contributed by atoms with Crippen LogP contribution in [0.4, 0.5) is 38.1 Å². The SMILES string of the molecule is O=C(COCCN(c1cc(C(F)(F)F)c(=O)[nH]n1)C1CCCC1)N1CCN(c2ncc(C(F)(F)F)cn2)CC1. The molecule has 0 bridgehead atoms. The number of piperazine rings is 1. The molecule has 0 atom stereocenters. The van der Waals surface area contributed by atoms with Gasteiger partial charge in [0.25, 0.3) is 5.56 Å². The van der Waals surface area contributed by atoms with Crippen LogP contribution in [0, 0.1) is 0 Å². The summed E-state index contributed by atoms with van der Waals surface area (Å²) in [4.78, 5) is 36.7. The van der Waals surface area contributed by atoms with Gasteiger partial charge in [-0.25, -0.2) is 15.1 Å². The number of rotatable bonds is 8. The maximum Gasteiger partial charge on any atom is 0.421 e. The Morgan fingerprint density at radius 1 is 1.03 bits per heavy atom. The van der Waals surface area contributed by atoms with Gasteiger partial charge in [-0.2, -0.15) is 31.4 Å². The van der Waals surface area contributed by atoms with Crippen molar-refractivity contribution < 1.29 is 35.9 Å². The van der Waals surface area contributed by atoms with Crippen LogP contribution in [-0.4, -0.2) is 83.0 Å². The first-order valence-electron chi connectivity index (χ1n) is 12.4. The summed E-state index contributed by atoms with van der Waals surface area (Å²) in [6.45, 7) is 1.21. The van der Waals surface area contributed by atoms with Gasteiger partial charge in [-0.3, -0.25) is 9.59 Å². The second-order valence-corrected chi connectivity index (χ2v) is 9.29. The first-order chi connectivity index (χ1) is 18.4. The van der Waals surface area contributed by atoms with E-state index >= 15 is 0 Å². The first-order valence-corrected chi connectivity index (χ1v) is 12.4. The minimum Gasteiger partial charge on any atom is -0.370 e. The molecule has 0 aromatic carbocycles. The number of hydrogen-bond acceptors (Lipinski definition) is 8. The lowest BCUT2D eigenvalue weighted by Crippen LogP contribution is -2.50. The smallest absolute Gasteiger partial charge is 0.370 e. The minimum atomic E-state index is -4.82. The molecule has 1 aliphatic carbocycles. The molecule has 10 nitrogen and oxygen atoms in total. The molecule has 1 N–H and O–H groups in total. The third kappa shape index (κ3) is 7.16. The molecule has 39 heavy (non-hydrogen) atoms. The van der Waals surface area contributed by atoms with Crippen LogP contribution in [0.1, 0.15) is 36.8 Å². The maximum atomic E-state index is 13.2. The van der Waals surface area contributed by atoms with E-state index < -0.39 is 29.0 Å². The Morgan fingerprint density at radius 3 is 2.26 bits per heavy atom. The maximum absolute atomic E-state index is 13.2. The van der Waals surface area contributed by atoms with Crippen molar-refractivity contribution in [2.45, 2.75) is 44.1 Å². The molecular formula is C23H27F6N7O3. The van der Waals surface area contributed by atoms with E-state index in [1.165, 1.54) is 0 Å². The normalized spacial score (nSPS) is 17.1. The second-order valence-electron chi connectivity index (χ2n) is 9.29. The summed E-state index contributed by atoms with van der Waals surface area (Å²) in [7, 11) is 0. The van der Waals surface area contributed by atoms with Crippen LogP contribution < -0.4 is 15.4 Å². The van der Waals surface area contributed by atoms with Gasteiger partial charge in [0.1, 0.15) is 18.0 Å². The van der Waals surface area contributed by atoms with E-state index in [1.54, 1.807) is 14.7 Å². The Kier molecular flexibility index (Phi) is 8.61. The average Bonchev–Trinajstić information content (AvgIpc) is 3.43. The molecule has 1 saturated heterocycles. The molecule has 0 unspecified atom stereocenters.